The first-order valence-corrected chi connectivity index (χ1v) is 7.38. The lowest BCUT2D eigenvalue weighted by Crippen LogP contribution is -2.31. The molecule has 1 aromatic heterocycles. The first kappa shape index (κ1) is 13.1. The van der Waals surface area contributed by atoms with E-state index in [2.05, 4.69) is 11.1 Å². The monoisotopic (exact) mass is 292 g/mol. The number of aromatic amines is 1. The molecule has 4 heteroatoms. The van der Waals surface area contributed by atoms with Crippen LogP contribution in [-0.4, -0.2) is 34.0 Å². The molecule has 0 aliphatic carbocycles. The molecule has 0 radical (unpaired) electrons. The van der Waals surface area contributed by atoms with E-state index in [9.17, 15) is 9.90 Å². The fraction of sp³-hybridized carbons (Fsp3) is 0.167. The molecule has 2 N–H and O–H groups in total. The van der Waals surface area contributed by atoms with Crippen molar-refractivity contribution in [1.82, 2.24) is 9.88 Å². The zero-order chi connectivity index (χ0) is 15.1. The predicted octanol–water partition coefficient (Wildman–Crippen LogP) is 2.71. The van der Waals surface area contributed by atoms with Gasteiger partial charge in [-0.05, 0) is 17.7 Å². The standard InChI is InChI=1S/C18H16N2O2/c21-10-9-20-17(13-6-1-2-7-14(13)18(20)22)15-11-19-16-8-4-3-5-12(15)16/h1-8,11,17,19,21H,9-10H2. The number of aliphatic hydroxyl groups is 1. The van der Waals surface area contributed by atoms with Crippen LogP contribution in [0, 0.1) is 0 Å². The van der Waals surface area contributed by atoms with E-state index < -0.39 is 0 Å². The summed E-state index contributed by atoms with van der Waals surface area (Å²) in [6.07, 6.45) is 1.97. The van der Waals surface area contributed by atoms with Crippen LogP contribution in [0.5, 0.6) is 0 Å². The summed E-state index contributed by atoms with van der Waals surface area (Å²) in [5.74, 6) is -0.0140. The average Bonchev–Trinajstić information content (AvgIpc) is 3.09. The quantitative estimate of drug-likeness (QED) is 0.780. The van der Waals surface area contributed by atoms with Crippen LogP contribution in [0.25, 0.3) is 10.9 Å². The number of H-pyrrole nitrogens is 1. The smallest absolute Gasteiger partial charge is 0.255 e. The Kier molecular flexibility index (Phi) is 2.98. The van der Waals surface area contributed by atoms with Gasteiger partial charge in [-0.25, -0.2) is 0 Å². The highest BCUT2D eigenvalue weighted by molar-refractivity contribution is 6.00. The van der Waals surface area contributed by atoms with Crippen molar-refractivity contribution in [3.63, 3.8) is 0 Å². The van der Waals surface area contributed by atoms with E-state index >= 15 is 0 Å². The van der Waals surface area contributed by atoms with Gasteiger partial charge in [0, 0.05) is 34.8 Å². The second-order valence-electron chi connectivity index (χ2n) is 5.50. The highest BCUT2D eigenvalue weighted by Gasteiger charge is 2.37. The molecule has 22 heavy (non-hydrogen) atoms. The van der Waals surface area contributed by atoms with Crippen LogP contribution in [0.3, 0.4) is 0 Å². The maximum absolute atomic E-state index is 12.6. The molecule has 0 saturated heterocycles. The minimum Gasteiger partial charge on any atom is -0.395 e. The number of aromatic nitrogens is 1. The summed E-state index contributed by atoms with van der Waals surface area (Å²) in [4.78, 5) is 17.7. The number of carbonyl (C=O) groups is 1. The minimum atomic E-state index is -0.146. The summed E-state index contributed by atoms with van der Waals surface area (Å²) in [5, 5.41) is 10.5. The van der Waals surface area contributed by atoms with Crippen molar-refractivity contribution in [3.8, 4) is 0 Å². The van der Waals surface area contributed by atoms with Gasteiger partial charge in [-0.3, -0.25) is 4.79 Å². The Morgan fingerprint density at radius 2 is 1.82 bits per heavy atom. The third-order valence-corrected chi connectivity index (χ3v) is 4.32. The third-order valence-electron chi connectivity index (χ3n) is 4.32. The Balaban J connectivity index is 1.93. The van der Waals surface area contributed by atoms with Gasteiger partial charge in [-0.15, -0.1) is 0 Å². The lowest BCUT2D eigenvalue weighted by atomic mass is 9.97. The molecule has 0 fully saturated rings. The van der Waals surface area contributed by atoms with Crippen LogP contribution < -0.4 is 0 Å². The molecule has 0 saturated carbocycles. The van der Waals surface area contributed by atoms with Crippen LogP contribution in [-0.2, 0) is 0 Å². The number of carbonyl (C=O) groups excluding carboxylic acids is 1. The molecule has 3 aromatic rings. The number of hydrogen-bond donors (Lipinski definition) is 2. The Morgan fingerprint density at radius 1 is 1.05 bits per heavy atom. The normalized spacial score (nSPS) is 17.2. The van der Waals surface area contributed by atoms with E-state index in [-0.39, 0.29) is 18.6 Å². The number of fused-ring (bicyclic) bond motifs is 2. The van der Waals surface area contributed by atoms with Crippen LogP contribution in [0.4, 0.5) is 0 Å². The van der Waals surface area contributed by atoms with E-state index in [0.29, 0.717) is 6.54 Å². The summed E-state index contributed by atoms with van der Waals surface area (Å²) >= 11 is 0. The number of nitrogens with one attached hydrogen (secondary N) is 1. The van der Waals surface area contributed by atoms with Gasteiger partial charge in [-0.1, -0.05) is 36.4 Å². The van der Waals surface area contributed by atoms with Gasteiger partial charge in [0.2, 0.25) is 0 Å². The van der Waals surface area contributed by atoms with E-state index in [1.165, 1.54) is 0 Å². The number of aliphatic hydroxyl groups excluding tert-OH is 1. The summed E-state index contributed by atoms with van der Waals surface area (Å²) in [6, 6.07) is 15.6. The number of hydrogen-bond acceptors (Lipinski definition) is 2. The molecule has 0 bridgehead atoms. The van der Waals surface area contributed by atoms with Crippen molar-refractivity contribution < 1.29 is 9.90 Å². The third kappa shape index (κ3) is 1.77. The fourth-order valence-electron chi connectivity index (χ4n) is 3.36. The van der Waals surface area contributed by atoms with Gasteiger partial charge < -0.3 is 15.0 Å². The number of nitrogens with zero attached hydrogens (tertiary/aromatic N) is 1. The van der Waals surface area contributed by atoms with Crippen molar-refractivity contribution in [3.05, 3.63) is 71.4 Å². The molecule has 1 aliphatic rings. The topological polar surface area (TPSA) is 56.3 Å². The highest BCUT2D eigenvalue weighted by Crippen LogP contribution is 2.40. The molecule has 1 aliphatic heterocycles. The van der Waals surface area contributed by atoms with Crippen molar-refractivity contribution >= 4 is 16.8 Å². The van der Waals surface area contributed by atoms with E-state index in [1.807, 2.05) is 48.7 Å². The fourth-order valence-corrected chi connectivity index (χ4v) is 3.36. The maximum Gasteiger partial charge on any atom is 0.255 e. The second kappa shape index (κ2) is 5.00. The molecule has 0 spiro atoms. The summed E-state index contributed by atoms with van der Waals surface area (Å²) < 4.78 is 0. The van der Waals surface area contributed by atoms with Gasteiger partial charge >= 0.3 is 0 Å². The predicted molar refractivity (Wildman–Crippen MR) is 84.7 cm³/mol. The van der Waals surface area contributed by atoms with Crippen LogP contribution in [0.2, 0.25) is 0 Å². The Bertz CT molecular complexity index is 853. The molecule has 1 unspecified atom stereocenters. The first-order chi connectivity index (χ1) is 10.8. The summed E-state index contributed by atoms with van der Waals surface area (Å²) in [7, 11) is 0. The highest BCUT2D eigenvalue weighted by atomic mass is 16.3. The SMILES string of the molecule is O=C1c2ccccc2C(c2c[nH]c3ccccc23)N1CCO. The number of β-amino-alcohol motifs (C(OH)–C–C–N with tert-alkyl or cyclic N) is 1. The number of rotatable bonds is 3. The average molecular weight is 292 g/mol. The molecule has 110 valence electrons. The molecule has 2 heterocycles. The molecule has 4 rings (SSSR count). The maximum atomic E-state index is 12.6. The minimum absolute atomic E-state index is 0.0140. The molecular formula is C18H16N2O2. The zero-order valence-corrected chi connectivity index (χ0v) is 12.0. The van der Waals surface area contributed by atoms with E-state index in [4.69, 9.17) is 0 Å². The van der Waals surface area contributed by atoms with Crippen molar-refractivity contribution in [1.29, 1.82) is 0 Å². The molecular weight excluding hydrogens is 276 g/mol. The van der Waals surface area contributed by atoms with Crippen LogP contribution in [0.1, 0.15) is 27.5 Å². The van der Waals surface area contributed by atoms with Crippen LogP contribution >= 0.6 is 0 Å². The van der Waals surface area contributed by atoms with Gasteiger partial charge in [0.1, 0.15) is 0 Å². The molecule has 4 nitrogen and oxygen atoms in total. The Morgan fingerprint density at radius 3 is 2.68 bits per heavy atom. The van der Waals surface area contributed by atoms with Gasteiger partial charge in [0.05, 0.1) is 12.6 Å². The van der Waals surface area contributed by atoms with Crippen molar-refractivity contribution in [2.75, 3.05) is 13.2 Å². The largest absolute Gasteiger partial charge is 0.395 e. The van der Waals surface area contributed by atoms with Crippen molar-refractivity contribution in [2.24, 2.45) is 0 Å². The second-order valence-corrected chi connectivity index (χ2v) is 5.50. The van der Waals surface area contributed by atoms with Crippen molar-refractivity contribution in [2.45, 2.75) is 6.04 Å². The number of para-hydroxylation sites is 1. The van der Waals surface area contributed by atoms with E-state index in [1.54, 1.807) is 4.90 Å². The molecule has 1 atom stereocenters. The van der Waals surface area contributed by atoms with Crippen LogP contribution in [0.15, 0.2) is 54.7 Å². The lowest BCUT2D eigenvalue weighted by Gasteiger charge is -2.24. The Labute approximate surface area is 128 Å². The molecule has 2 aromatic carbocycles. The van der Waals surface area contributed by atoms with Gasteiger partial charge in [0.15, 0.2) is 0 Å². The number of benzene rings is 2. The molecule has 1 amide bonds. The Hall–Kier alpha value is -2.59. The van der Waals surface area contributed by atoms with Gasteiger partial charge in [-0.2, -0.15) is 0 Å². The lowest BCUT2D eigenvalue weighted by molar-refractivity contribution is 0.0713. The summed E-state index contributed by atoms with van der Waals surface area (Å²) in [6.45, 7) is 0.288. The summed E-state index contributed by atoms with van der Waals surface area (Å²) in [5.41, 5.74) is 3.86. The van der Waals surface area contributed by atoms with E-state index in [0.717, 1.165) is 27.6 Å². The van der Waals surface area contributed by atoms with Gasteiger partial charge in [0.25, 0.3) is 5.91 Å². The first-order valence-electron chi connectivity index (χ1n) is 7.38. The number of amides is 1. The zero-order valence-electron chi connectivity index (χ0n) is 12.0.